The van der Waals surface area contributed by atoms with E-state index in [1.807, 2.05) is 22.6 Å². The summed E-state index contributed by atoms with van der Waals surface area (Å²) in [4.78, 5) is 22.4. The van der Waals surface area contributed by atoms with Crippen molar-refractivity contribution in [3.63, 3.8) is 0 Å². The second-order valence-corrected chi connectivity index (χ2v) is 4.60. The number of phenolic OH excluding ortho intramolecular Hbond substituents is 1. The van der Waals surface area contributed by atoms with Crippen LogP contribution in [0.3, 0.4) is 0 Å². The van der Waals surface area contributed by atoms with Gasteiger partial charge in [0.1, 0.15) is 11.8 Å². The molecule has 0 saturated carbocycles. The second kappa shape index (κ2) is 5.85. The van der Waals surface area contributed by atoms with Gasteiger partial charge in [0.05, 0.1) is 3.57 Å². The van der Waals surface area contributed by atoms with Crippen molar-refractivity contribution in [2.24, 2.45) is 0 Å². The van der Waals surface area contributed by atoms with Gasteiger partial charge < -0.3 is 15.5 Å². The highest BCUT2D eigenvalue weighted by Gasteiger charge is 2.18. The first-order valence-electron chi connectivity index (χ1n) is 4.98. The molecule has 1 amide bonds. The van der Waals surface area contributed by atoms with Gasteiger partial charge in [0.2, 0.25) is 0 Å². The predicted molar refractivity (Wildman–Crippen MR) is 70.0 cm³/mol. The summed E-state index contributed by atoms with van der Waals surface area (Å²) in [6, 6.07) is 3.52. The molecule has 1 rings (SSSR count). The van der Waals surface area contributed by atoms with Gasteiger partial charge in [-0.2, -0.15) is 0 Å². The number of carboxylic acids is 1. The van der Waals surface area contributed by atoms with E-state index >= 15 is 0 Å². The Kier molecular flexibility index (Phi) is 4.73. The van der Waals surface area contributed by atoms with Crippen LogP contribution in [0.25, 0.3) is 0 Å². The van der Waals surface area contributed by atoms with Crippen molar-refractivity contribution in [3.05, 3.63) is 27.3 Å². The molecule has 1 atom stereocenters. The molecule has 17 heavy (non-hydrogen) atoms. The summed E-state index contributed by atoms with van der Waals surface area (Å²) in [5, 5.41) is 20.6. The minimum atomic E-state index is -1.07. The number of carbonyl (C=O) groups excluding carboxylic acids is 1. The number of aliphatic carboxylic acids is 1. The molecule has 0 radical (unpaired) electrons. The summed E-state index contributed by atoms with van der Waals surface area (Å²) in [5.41, 5.74) is 0.239. The van der Waals surface area contributed by atoms with E-state index in [0.29, 0.717) is 9.99 Å². The van der Waals surface area contributed by atoms with Gasteiger partial charge in [-0.1, -0.05) is 6.92 Å². The average Bonchev–Trinajstić information content (AvgIpc) is 2.28. The molecule has 0 aliphatic rings. The van der Waals surface area contributed by atoms with E-state index < -0.39 is 17.9 Å². The van der Waals surface area contributed by atoms with E-state index in [1.165, 1.54) is 12.1 Å². The van der Waals surface area contributed by atoms with Gasteiger partial charge in [0.15, 0.2) is 0 Å². The maximum absolute atomic E-state index is 11.7. The fraction of sp³-hybridized carbons (Fsp3) is 0.273. The molecular weight excluding hydrogens is 337 g/mol. The number of hydrogen-bond acceptors (Lipinski definition) is 3. The standard InChI is InChI=1S/C11H12INO4/c1-2-8(11(16)17)13-10(15)6-3-4-7(12)9(14)5-6/h3-5,8,14H,2H2,1H3,(H,13,15)(H,16,17)/t8-/m0/s1. The number of nitrogens with one attached hydrogen (secondary N) is 1. The van der Waals surface area contributed by atoms with E-state index in [0.717, 1.165) is 0 Å². The number of rotatable bonds is 4. The van der Waals surface area contributed by atoms with E-state index in [9.17, 15) is 14.7 Å². The SMILES string of the molecule is CC[C@H](NC(=O)c1ccc(I)c(O)c1)C(=O)O. The zero-order valence-corrected chi connectivity index (χ0v) is 11.3. The lowest BCUT2D eigenvalue weighted by Gasteiger charge is -2.12. The van der Waals surface area contributed by atoms with Crippen molar-refractivity contribution in [1.82, 2.24) is 5.32 Å². The fourth-order valence-electron chi connectivity index (χ4n) is 1.23. The highest BCUT2D eigenvalue weighted by molar-refractivity contribution is 14.1. The first kappa shape index (κ1) is 13.8. The van der Waals surface area contributed by atoms with Gasteiger partial charge in [-0.05, 0) is 47.2 Å². The zero-order chi connectivity index (χ0) is 13.0. The van der Waals surface area contributed by atoms with Crippen LogP contribution in [0.5, 0.6) is 5.75 Å². The summed E-state index contributed by atoms with van der Waals surface area (Å²) >= 11 is 1.93. The van der Waals surface area contributed by atoms with Gasteiger partial charge in [0, 0.05) is 5.56 Å². The summed E-state index contributed by atoms with van der Waals surface area (Å²) in [6.07, 6.45) is 0.303. The number of amides is 1. The second-order valence-electron chi connectivity index (χ2n) is 3.44. The maximum atomic E-state index is 11.7. The Labute approximate surface area is 112 Å². The van der Waals surface area contributed by atoms with Crippen LogP contribution < -0.4 is 5.32 Å². The van der Waals surface area contributed by atoms with Crippen molar-refractivity contribution < 1.29 is 19.8 Å². The lowest BCUT2D eigenvalue weighted by atomic mass is 10.1. The minimum Gasteiger partial charge on any atom is -0.507 e. The zero-order valence-electron chi connectivity index (χ0n) is 9.11. The molecule has 1 aromatic rings. The van der Waals surface area contributed by atoms with Crippen LogP contribution in [0.2, 0.25) is 0 Å². The third-order valence-electron chi connectivity index (χ3n) is 2.22. The predicted octanol–water partition coefficient (Wildman–Crippen LogP) is 1.59. The molecule has 0 aliphatic carbocycles. The molecule has 0 heterocycles. The largest absolute Gasteiger partial charge is 0.507 e. The van der Waals surface area contributed by atoms with E-state index in [2.05, 4.69) is 5.32 Å². The van der Waals surface area contributed by atoms with Crippen molar-refractivity contribution in [2.45, 2.75) is 19.4 Å². The molecule has 92 valence electrons. The van der Waals surface area contributed by atoms with Crippen LogP contribution >= 0.6 is 22.6 Å². The van der Waals surface area contributed by atoms with E-state index in [4.69, 9.17) is 5.11 Å². The van der Waals surface area contributed by atoms with Crippen molar-refractivity contribution in [3.8, 4) is 5.75 Å². The monoisotopic (exact) mass is 349 g/mol. The Balaban J connectivity index is 2.82. The Hall–Kier alpha value is -1.31. The molecule has 1 aromatic carbocycles. The van der Waals surface area contributed by atoms with Gasteiger partial charge in [-0.25, -0.2) is 4.79 Å². The number of aromatic hydroxyl groups is 1. The highest BCUT2D eigenvalue weighted by atomic mass is 127. The quantitative estimate of drug-likeness (QED) is 0.721. The fourth-order valence-corrected chi connectivity index (χ4v) is 1.57. The summed E-state index contributed by atoms with van der Waals surface area (Å²) in [6.45, 7) is 1.67. The molecule has 0 saturated heterocycles. The molecule has 0 aromatic heterocycles. The van der Waals surface area contributed by atoms with Crippen molar-refractivity contribution >= 4 is 34.5 Å². The number of benzene rings is 1. The number of carboxylic acid groups (broad SMARTS) is 1. The van der Waals surface area contributed by atoms with Crippen molar-refractivity contribution in [1.29, 1.82) is 0 Å². The Morgan fingerprint density at radius 2 is 2.12 bits per heavy atom. The maximum Gasteiger partial charge on any atom is 0.326 e. The number of halogens is 1. The third-order valence-corrected chi connectivity index (χ3v) is 3.13. The molecular formula is C11H12INO4. The van der Waals surface area contributed by atoms with E-state index in [1.54, 1.807) is 13.0 Å². The van der Waals surface area contributed by atoms with Crippen molar-refractivity contribution in [2.75, 3.05) is 0 Å². The number of carbonyl (C=O) groups is 2. The minimum absolute atomic E-state index is 0.00150. The van der Waals surface area contributed by atoms with Gasteiger partial charge in [-0.3, -0.25) is 4.79 Å². The van der Waals surface area contributed by atoms with E-state index in [-0.39, 0.29) is 11.3 Å². The normalized spacial score (nSPS) is 11.9. The Morgan fingerprint density at radius 3 is 2.59 bits per heavy atom. The first-order chi connectivity index (χ1) is 7.95. The van der Waals surface area contributed by atoms with Crippen LogP contribution in [-0.4, -0.2) is 28.1 Å². The highest BCUT2D eigenvalue weighted by Crippen LogP contribution is 2.20. The number of phenols is 1. The summed E-state index contributed by atoms with van der Waals surface area (Å²) < 4.78 is 0.629. The number of hydrogen-bond donors (Lipinski definition) is 3. The molecule has 6 heteroatoms. The molecule has 0 aliphatic heterocycles. The van der Waals surface area contributed by atoms with Gasteiger partial charge >= 0.3 is 5.97 Å². The van der Waals surface area contributed by atoms with Gasteiger partial charge in [0.25, 0.3) is 5.91 Å². The lowest BCUT2D eigenvalue weighted by molar-refractivity contribution is -0.139. The Morgan fingerprint density at radius 1 is 1.47 bits per heavy atom. The van der Waals surface area contributed by atoms with Gasteiger partial charge in [-0.15, -0.1) is 0 Å². The lowest BCUT2D eigenvalue weighted by Crippen LogP contribution is -2.40. The van der Waals surface area contributed by atoms with Crippen LogP contribution in [-0.2, 0) is 4.79 Å². The molecule has 0 unspecified atom stereocenters. The first-order valence-corrected chi connectivity index (χ1v) is 6.05. The van der Waals surface area contributed by atoms with Crippen LogP contribution in [0.1, 0.15) is 23.7 Å². The molecule has 3 N–H and O–H groups in total. The molecule has 0 bridgehead atoms. The smallest absolute Gasteiger partial charge is 0.326 e. The molecule has 0 spiro atoms. The average molecular weight is 349 g/mol. The van der Waals surface area contributed by atoms with Crippen LogP contribution in [0, 0.1) is 3.57 Å². The summed E-state index contributed by atoms with van der Waals surface area (Å²) in [5.74, 6) is -1.58. The molecule has 5 nitrogen and oxygen atoms in total. The topological polar surface area (TPSA) is 86.6 Å². The van der Waals surface area contributed by atoms with Crippen LogP contribution in [0.4, 0.5) is 0 Å². The third kappa shape index (κ3) is 3.58. The Bertz CT molecular complexity index is 447. The van der Waals surface area contributed by atoms with Crippen LogP contribution in [0.15, 0.2) is 18.2 Å². The summed E-state index contributed by atoms with van der Waals surface area (Å²) in [7, 11) is 0. The molecule has 0 fully saturated rings.